The maximum atomic E-state index is 12.1. The molecule has 2 amide bonds. The summed E-state index contributed by atoms with van der Waals surface area (Å²) in [6.45, 7) is 2.28. The molecule has 128 valence electrons. The van der Waals surface area contributed by atoms with E-state index in [1.165, 1.54) is 0 Å². The summed E-state index contributed by atoms with van der Waals surface area (Å²) in [5.41, 5.74) is 1.79. The molecule has 0 radical (unpaired) electrons. The topological polar surface area (TPSA) is 71.8 Å². The minimum absolute atomic E-state index is 0.185. The van der Waals surface area contributed by atoms with Crippen molar-refractivity contribution in [3.05, 3.63) is 77.5 Å². The van der Waals surface area contributed by atoms with Crippen LogP contribution in [0.4, 0.5) is 4.79 Å². The fraction of sp³-hybridized carbons (Fsp3) is 0.167. The maximum Gasteiger partial charge on any atom is 0.315 e. The minimum Gasteiger partial charge on any atom is -0.334 e. The number of urea groups is 1. The number of rotatable bonds is 5. The molecule has 0 aliphatic heterocycles. The van der Waals surface area contributed by atoms with Crippen LogP contribution in [-0.4, -0.2) is 20.6 Å². The highest BCUT2D eigenvalue weighted by Crippen LogP contribution is 2.21. The van der Waals surface area contributed by atoms with Gasteiger partial charge in [-0.25, -0.2) is 14.8 Å². The lowest BCUT2D eigenvalue weighted by Crippen LogP contribution is -2.36. The Labute approximate surface area is 150 Å². The molecule has 2 heterocycles. The van der Waals surface area contributed by atoms with Gasteiger partial charge in [0, 0.05) is 30.2 Å². The first-order valence-corrected chi connectivity index (χ1v) is 8.23. The molecule has 0 fully saturated rings. The highest BCUT2D eigenvalue weighted by molar-refractivity contribution is 6.31. The van der Waals surface area contributed by atoms with Gasteiger partial charge in [-0.3, -0.25) is 4.57 Å². The van der Waals surface area contributed by atoms with E-state index in [-0.39, 0.29) is 12.1 Å². The van der Waals surface area contributed by atoms with Crippen LogP contribution in [0.5, 0.6) is 0 Å². The van der Waals surface area contributed by atoms with E-state index in [4.69, 9.17) is 11.6 Å². The van der Waals surface area contributed by atoms with Gasteiger partial charge in [-0.2, -0.15) is 0 Å². The van der Waals surface area contributed by atoms with Crippen LogP contribution in [0.15, 0.2) is 61.3 Å². The molecule has 0 saturated heterocycles. The SMILES string of the molecule is CC(NC(=O)NCc1ccc(-n2ccnc2)nc1)c1ccccc1Cl. The van der Waals surface area contributed by atoms with Gasteiger partial charge < -0.3 is 10.6 Å². The van der Waals surface area contributed by atoms with E-state index >= 15 is 0 Å². The molecule has 0 saturated carbocycles. The van der Waals surface area contributed by atoms with Crippen molar-refractivity contribution in [2.24, 2.45) is 0 Å². The van der Waals surface area contributed by atoms with Gasteiger partial charge in [0.25, 0.3) is 0 Å². The molecular formula is C18H18ClN5O. The molecule has 0 spiro atoms. The lowest BCUT2D eigenvalue weighted by molar-refractivity contribution is 0.237. The van der Waals surface area contributed by atoms with Crippen molar-refractivity contribution in [1.29, 1.82) is 0 Å². The number of carbonyl (C=O) groups is 1. The second-order valence-corrected chi connectivity index (χ2v) is 5.97. The minimum atomic E-state index is -0.258. The summed E-state index contributed by atoms with van der Waals surface area (Å²) in [4.78, 5) is 20.4. The molecule has 0 bridgehead atoms. The van der Waals surface area contributed by atoms with Gasteiger partial charge in [-0.1, -0.05) is 35.9 Å². The fourth-order valence-corrected chi connectivity index (χ4v) is 2.70. The Balaban J connectivity index is 1.53. The summed E-state index contributed by atoms with van der Waals surface area (Å²) < 4.78 is 1.81. The Morgan fingerprint density at radius 2 is 2.12 bits per heavy atom. The molecule has 1 aromatic carbocycles. The van der Waals surface area contributed by atoms with Crippen LogP contribution in [0.1, 0.15) is 24.1 Å². The third kappa shape index (κ3) is 4.36. The van der Waals surface area contributed by atoms with Crippen molar-refractivity contribution in [2.75, 3.05) is 0 Å². The Bertz CT molecular complexity index is 833. The van der Waals surface area contributed by atoms with Gasteiger partial charge in [0.2, 0.25) is 0 Å². The smallest absolute Gasteiger partial charge is 0.315 e. The number of nitrogens with zero attached hydrogens (tertiary/aromatic N) is 3. The summed E-state index contributed by atoms with van der Waals surface area (Å²) in [6, 6.07) is 10.8. The first-order valence-electron chi connectivity index (χ1n) is 7.85. The fourth-order valence-electron chi connectivity index (χ4n) is 2.40. The second kappa shape index (κ2) is 7.81. The molecule has 0 aliphatic carbocycles. The maximum absolute atomic E-state index is 12.1. The average molecular weight is 356 g/mol. The molecular weight excluding hydrogens is 338 g/mol. The van der Waals surface area contributed by atoms with Crippen LogP contribution in [0.2, 0.25) is 5.02 Å². The Kier molecular flexibility index (Phi) is 5.30. The largest absolute Gasteiger partial charge is 0.334 e. The van der Waals surface area contributed by atoms with Crippen molar-refractivity contribution in [3.63, 3.8) is 0 Å². The van der Waals surface area contributed by atoms with Crippen molar-refractivity contribution < 1.29 is 4.79 Å². The highest BCUT2D eigenvalue weighted by Gasteiger charge is 2.11. The number of pyridine rings is 1. The number of aromatic nitrogens is 3. The standard InChI is InChI=1S/C18H18ClN5O/c1-13(15-4-2-3-5-16(15)19)23-18(25)22-11-14-6-7-17(21-10-14)24-9-8-20-12-24/h2-10,12-13H,11H2,1H3,(H2,22,23,25). The summed E-state index contributed by atoms with van der Waals surface area (Å²) >= 11 is 6.15. The number of carbonyl (C=O) groups excluding carboxylic acids is 1. The Hall–Kier alpha value is -2.86. The Morgan fingerprint density at radius 3 is 2.80 bits per heavy atom. The van der Waals surface area contributed by atoms with Crippen molar-refractivity contribution in [1.82, 2.24) is 25.2 Å². The molecule has 1 atom stereocenters. The third-order valence-electron chi connectivity index (χ3n) is 3.75. The first-order chi connectivity index (χ1) is 12.1. The summed E-state index contributed by atoms with van der Waals surface area (Å²) in [5.74, 6) is 0.776. The van der Waals surface area contributed by atoms with Crippen LogP contribution in [0, 0.1) is 0 Å². The van der Waals surface area contributed by atoms with E-state index in [1.54, 1.807) is 24.8 Å². The lowest BCUT2D eigenvalue weighted by atomic mass is 10.1. The highest BCUT2D eigenvalue weighted by atomic mass is 35.5. The van der Waals surface area contributed by atoms with E-state index in [2.05, 4.69) is 20.6 Å². The molecule has 3 rings (SSSR count). The van der Waals surface area contributed by atoms with Crippen LogP contribution < -0.4 is 10.6 Å². The van der Waals surface area contributed by atoms with E-state index in [9.17, 15) is 4.79 Å². The normalized spacial score (nSPS) is 11.8. The number of hydrogen-bond donors (Lipinski definition) is 2. The molecule has 0 aliphatic rings. The van der Waals surface area contributed by atoms with E-state index < -0.39 is 0 Å². The zero-order valence-corrected chi connectivity index (χ0v) is 14.4. The lowest BCUT2D eigenvalue weighted by Gasteiger charge is -2.16. The third-order valence-corrected chi connectivity index (χ3v) is 4.09. The van der Waals surface area contributed by atoms with Crippen molar-refractivity contribution in [3.8, 4) is 5.82 Å². The van der Waals surface area contributed by atoms with Gasteiger partial charge in [0.05, 0.1) is 6.04 Å². The summed E-state index contributed by atoms with van der Waals surface area (Å²) in [7, 11) is 0. The van der Waals surface area contributed by atoms with Crippen LogP contribution in [0.3, 0.4) is 0 Å². The van der Waals surface area contributed by atoms with Crippen LogP contribution in [0.25, 0.3) is 5.82 Å². The van der Waals surface area contributed by atoms with E-state index in [0.717, 1.165) is 16.9 Å². The molecule has 3 aromatic rings. The van der Waals surface area contributed by atoms with Crippen LogP contribution >= 0.6 is 11.6 Å². The van der Waals surface area contributed by atoms with Crippen molar-refractivity contribution in [2.45, 2.75) is 19.5 Å². The van der Waals surface area contributed by atoms with Gasteiger partial charge in [-0.15, -0.1) is 0 Å². The Morgan fingerprint density at radius 1 is 1.28 bits per heavy atom. The van der Waals surface area contributed by atoms with Crippen molar-refractivity contribution >= 4 is 17.6 Å². The van der Waals surface area contributed by atoms with E-state index in [1.807, 2.05) is 48.0 Å². The van der Waals surface area contributed by atoms with E-state index in [0.29, 0.717) is 11.6 Å². The molecule has 1 unspecified atom stereocenters. The van der Waals surface area contributed by atoms with Gasteiger partial charge in [0.1, 0.15) is 12.1 Å². The number of benzene rings is 1. The van der Waals surface area contributed by atoms with Gasteiger partial charge in [-0.05, 0) is 30.2 Å². The van der Waals surface area contributed by atoms with Crippen LogP contribution in [-0.2, 0) is 6.54 Å². The molecule has 7 heteroatoms. The quantitative estimate of drug-likeness (QED) is 0.736. The average Bonchev–Trinajstić information content (AvgIpc) is 3.15. The predicted molar refractivity (Wildman–Crippen MR) is 96.6 cm³/mol. The van der Waals surface area contributed by atoms with Gasteiger partial charge >= 0.3 is 6.03 Å². The molecule has 2 N–H and O–H groups in total. The zero-order chi connectivity index (χ0) is 17.6. The second-order valence-electron chi connectivity index (χ2n) is 5.56. The molecule has 25 heavy (non-hydrogen) atoms. The molecule has 2 aromatic heterocycles. The van der Waals surface area contributed by atoms with Gasteiger partial charge in [0.15, 0.2) is 0 Å². The summed E-state index contributed by atoms with van der Waals surface area (Å²) in [5, 5.41) is 6.33. The first kappa shape index (κ1) is 17.0. The molecule has 6 nitrogen and oxygen atoms in total. The number of nitrogens with one attached hydrogen (secondary N) is 2. The zero-order valence-electron chi connectivity index (χ0n) is 13.7. The number of halogens is 1. The number of imidazole rings is 1. The number of amides is 2. The monoisotopic (exact) mass is 355 g/mol. The summed E-state index contributed by atoms with van der Waals surface area (Å²) in [6.07, 6.45) is 6.93. The number of hydrogen-bond acceptors (Lipinski definition) is 3. The predicted octanol–water partition coefficient (Wildman–Crippen LogP) is 3.48.